The quantitative estimate of drug-likeness (QED) is 0.633. The highest BCUT2D eigenvalue weighted by Crippen LogP contribution is 2.29. The molecule has 0 saturated heterocycles. The first-order valence-electron chi connectivity index (χ1n) is 6.17. The van der Waals surface area contributed by atoms with Crippen LogP contribution in [0, 0.1) is 0 Å². The van der Waals surface area contributed by atoms with Crippen molar-refractivity contribution >= 4 is 0 Å². The Morgan fingerprint density at radius 1 is 0.944 bits per heavy atom. The van der Waals surface area contributed by atoms with E-state index in [1.165, 1.54) is 5.56 Å². The molecule has 2 nitrogen and oxygen atoms in total. The number of rotatable bonds is 5. The third kappa shape index (κ3) is 2.97. The molecule has 18 heavy (non-hydrogen) atoms. The molecule has 1 unspecified atom stereocenters. The summed E-state index contributed by atoms with van der Waals surface area (Å²) in [7, 11) is 0. The highest BCUT2D eigenvalue weighted by atomic mass is 17.1. The smallest absolute Gasteiger partial charge is 0.126 e. The van der Waals surface area contributed by atoms with Crippen LogP contribution in [0.1, 0.15) is 24.5 Å². The van der Waals surface area contributed by atoms with Crippen LogP contribution in [0.15, 0.2) is 60.7 Å². The second kappa shape index (κ2) is 5.80. The van der Waals surface area contributed by atoms with Crippen LogP contribution in [0.25, 0.3) is 0 Å². The van der Waals surface area contributed by atoms with Crippen molar-refractivity contribution in [2.24, 2.45) is 0 Å². The summed E-state index contributed by atoms with van der Waals surface area (Å²) in [6.45, 7) is 1.91. The van der Waals surface area contributed by atoms with Gasteiger partial charge in [-0.2, -0.15) is 0 Å². The molecule has 0 aliphatic carbocycles. The molecule has 0 radical (unpaired) electrons. The Morgan fingerprint density at radius 2 is 1.50 bits per heavy atom. The molecule has 0 aliphatic heterocycles. The molecule has 2 aromatic carbocycles. The van der Waals surface area contributed by atoms with E-state index in [1.807, 2.05) is 55.5 Å². The number of aryl methyl sites for hydroxylation is 1. The van der Waals surface area contributed by atoms with Gasteiger partial charge >= 0.3 is 0 Å². The highest BCUT2D eigenvalue weighted by Gasteiger charge is 2.27. The second-order valence-electron chi connectivity index (χ2n) is 4.67. The molecule has 0 aliphatic rings. The summed E-state index contributed by atoms with van der Waals surface area (Å²) in [5.41, 5.74) is 1.58. The average Bonchev–Trinajstić information content (AvgIpc) is 2.47. The minimum absolute atomic E-state index is 0.656. The lowest BCUT2D eigenvalue weighted by Crippen LogP contribution is -2.25. The van der Waals surface area contributed by atoms with E-state index in [2.05, 4.69) is 12.1 Å². The lowest BCUT2D eigenvalue weighted by molar-refractivity contribution is -0.325. The van der Waals surface area contributed by atoms with Gasteiger partial charge in [0.25, 0.3) is 0 Å². The van der Waals surface area contributed by atoms with Crippen molar-refractivity contribution in [3.8, 4) is 0 Å². The zero-order valence-electron chi connectivity index (χ0n) is 10.5. The third-order valence-corrected chi connectivity index (χ3v) is 3.32. The summed E-state index contributed by atoms with van der Waals surface area (Å²) in [5.74, 6) is 0. The largest absolute Gasteiger partial charge is 0.251 e. The number of hydrogen-bond donors (Lipinski definition) is 1. The van der Waals surface area contributed by atoms with Crippen molar-refractivity contribution in [1.82, 2.24) is 0 Å². The number of hydrogen-bond acceptors (Lipinski definition) is 2. The first-order chi connectivity index (χ1) is 8.74. The van der Waals surface area contributed by atoms with E-state index in [1.54, 1.807) is 0 Å². The van der Waals surface area contributed by atoms with Crippen molar-refractivity contribution in [3.05, 3.63) is 71.8 Å². The molecule has 0 saturated carbocycles. The van der Waals surface area contributed by atoms with Crippen LogP contribution in [0.2, 0.25) is 0 Å². The van der Waals surface area contributed by atoms with Gasteiger partial charge in [0.1, 0.15) is 5.60 Å². The molecule has 0 spiro atoms. The van der Waals surface area contributed by atoms with Crippen molar-refractivity contribution in [2.45, 2.75) is 25.4 Å². The maximum absolute atomic E-state index is 9.22. The van der Waals surface area contributed by atoms with E-state index in [4.69, 9.17) is 4.89 Å². The van der Waals surface area contributed by atoms with E-state index in [9.17, 15) is 5.26 Å². The van der Waals surface area contributed by atoms with E-state index >= 15 is 0 Å². The summed E-state index contributed by atoms with van der Waals surface area (Å²) in [6, 6.07) is 20.0. The molecule has 0 bridgehead atoms. The minimum Gasteiger partial charge on any atom is -0.251 e. The Bertz CT molecular complexity index is 467. The maximum Gasteiger partial charge on any atom is 0.126 e. The lowest BCUT2D eigenvalue weighted by atomic mass is 9.89. The third-order valence-electron chi connectivity index (χ3n) is 3.32. The molecule has 0 heterocycles. The van der Waals surface area contributed by atoms with Gasteiger partial charge in [0, 0.05) is 0 Å². The van der Waals surface area contributed by atoms with Crippen LogP contribution >= 0.6 is 0 Å². The highest BCUT2D eigenvalue weighted by molar-refractivity contribution is 5.23. The molecule has 1 atom stereocenters. The van der Waals surface area contributed by atoms with Crippen LogP contribution < -0.4 is 0 Å². The fourth-order valence-corrected chi connectivity index (χ4v) is 2.06. The Kier molecular flexibility index (Phi) is 4.13. The van der Waals surface area contributed by atoms with E-state index in [-0.39, 0.29) is 0 Å². The monoisotopic (exact) mass is 242 g/mol. The normalized spacial score (nSPS) is 14.1. The van der Waals surface area contributed by atoms with Gasteiger partial charge in [-0.3, -0.25) is 5.26 Å². The summed E-state index contributed by atoms with van der Waals surface area (Å²) >= 11 is 0. The molecule has 2 heteroatoms. The van der Waals surface area contributed by atoms with Crippen LogP contribution in [0.4, 0.5) is 0 Å². The van der Waals surface area contributed by atoms with Crippen LogP contribution in [0.5, 0.6) is 0 Å². The summed E-state index contributed by atoms with van der Waals surface area (Å²) in [4.78, 5) is 4.75. The van der Waals surface area contributed by atoms with Crippen molar-refractivity contribution in [2.75, 3.05) is 0 Å². The number of benzene rings is 2. The lowest BCUT2D eigenvalue weighted by Gasteiger charge is -2.26. The molecular formula is C16H18O2. The SMILES string of the molecule is CC(CCc1ccccc1)(OO)c1ccccc1. The van der Waals surface area contributed by atoms with E-state index in [0.717, 1.165) is 18.4 Å². The average molecular weight is 242 g/mol. The Labute approximate surface area is 108 Å². The maximum atomic E-state index is 9.22. The zero-order valence-corrected chi connectivity index (χ0v) is 10.5. The van der Waals surface area contributed by atoms with Gasteiger partial charge in [-0.25, -0.2) is 4.89 Å². The van der Waals surface area contributed by atoms with Gasteiger partial charge in [0.2, 0.25) is 0 Å². The van der Waals surface area contributed by atoms with Gasteiger partial charge in [0.05, 0.1) is 0 Å². The van der Waals surface area contributed by atoms with Crippen LogP contribution in [-0.2, 0) is 16.9 Å². The summed E-state index contributed by atoms with van der Waals surface area (Å²) in [6.07, 6.45) is 1.60. The molecular weight excluding hydrogens is 224 g/mol. The summed E-state index contributed by atoms with van der Waals surface area (Å²) in [5, 5.41) is 9.22. The fraction of sp³-hybridized carbons (Fsp3) is 0.250. The van der Waals surface area contributed by atoms with Crippen molar-refractivity contribution in [3.63, 3.8) is 0 Å². The Balaban J connectivity index is 2.10. The van der Waals surface area contributed by atoms with Gasteiger partial charge < -0.3 is 0 Å². The second-order valence-corrected chi connectivity index (χ2v) is 4.67. The van der Waals surface area contributed by atoms with Crippen molar-refractivity contribution in [1.29, 1.82) is 0 Å². The first kappa shape index (κ1) is 12.8. The van der Waals surface area contributed by atoms with Gasteiger partial charge in [-0.15, -0.1) is 0 Å². The molecule has 2 aromatic rings. The van der Waals surface area contributed by atoms with E-state index < -0.39 is 5.60 Å². The Hall–Kier alpha value is -1.64. The molecule has 0 aromatic heterocycles. The van der Waals surface area contributed by atoms with Crippen molar-refractivity contribution < 1.29 is 10.1 Å². The predicted octanol–water partition coefficient (Wildman–Crippen LogP) is 4.02. The summed E-state index contributed by atoms with van der Waals surface area (Å²) < 4.78 is 0. The van der Waals surface area contributed by atoms with Gasteiger partial charge in [0.15, 0.2) is 0 Å². The van der Waals surface area contributed by atoms with Gasteiger partial charge in [-0.1, -0.05) is 60.7 Å². The molecule has 0 amide bonds. The molecule has 0 fully saturated rings. The molecule has 1 N–H and O–H groups in total. The van der Waals surface area contributed by atoms with Crippen LogP contribution in [0.3, 0.4) is 0 Å². The topological polar surface area (TPSA) is 29.5 Å². The first-order valence-corrected chi connectivity index (χ1v) is 6.17. The molecule has 94 valence electrons. The standard InChI is InChI=1S/C16H18O2/c1-16(18-17,15-10-6-3-7-11-15)13-12-14-8-4-2-5-9-14/h2-11,17H,12-13H2,1H3. The van der Waals surface area contributed by atoms with Crippen LogP contribution in [-0.4, -0.2) is 5.26 Å². The fourth-order valence-electron chi connectivity index (χ4n) is 2.06. The Morgan fingerprint density at radius 3 is 2.06 bits per heavy atom. The minimum atomic E-state index is -0.656. The molecule has 2 rings (SSSR count). The zero-order chi connectivity index (χ0) is 12.8. The van der Waals surface area contributed by atoms with Gasteiger partial charge in [-0.05, 0) is 30.9 Å². The predicted molar refractivity (Wildman–Crippen MR) is 72.3 cm³/mol. The van der Waals surface area contributed by atoms with E-state index in [0.29, 0.717) is 0 Å².